The molecule has 2 heterocycles. The molecule has 3 rings (SSSR count). The summed E-state index contributed by atoms with van der Waals surface area (Å²) in [5.41, 5.74) is 3.40. The van der Waals surface area contributed by atoms with Gasteiger partial charge in [-0.25, -0.2) is 0 Å². The highest BCUT2D eigenvalue weighted by molar-refractivity contribution is 5.80. The summed E-state index contributed by atoms with van der Waals surface area (Å²) in [4.78, 5) is 11.2. The van der Waals surface area contributed by atoms with Crippen LogP contribution in [0.4, 0.5) is 0 Å². The minimum Gasteiger partial charge on any atom is -0.497 e. The van der Waals surface area contributed by atoms with Gasteiger partial charge in [-0.1, -0.05) is 6.07 Å². The van der Waals surface area contributed by atoms with Crippen molar-refractivity contribution in [2.24, 2.45) is 4.99 Å². The van der Waals surface area contributed by atoms with E-state index in [1.807, 2.05) is 18.3 Å². The standard InChI is InChI=1S/C22H31N5O2/c1-16-6-5-8-24-21(16)13-25-22(23-2)26-18-7-9-27(15-18)14-17-10-19(28-3)12-20(11-17)29-4/h5-6,8,10-12,18H,7,9,13-15H2,1-4H3,(H2,23,25,26). The molecule has 156 valence electrons. The van der Waals surface area contributed by atoms with Gasteiger partial charge in [-0.05, 0) is 42.7 Å². The Labute approximate surface area is 173 Å². The van der Waals surface area contributed by atoms with Crippen molar-refractivity contribution in [3.8, 4) is 11.5 Å². The highest BCUT2D eigenvalue weighted by atomic mass is 16.5. The van der Waals surface area contributed by atoms with Crippen molar-refractivity contribution in [1.82, 2.24) is 20.5 Å². The number of rotatable bonds is 7. The Hall–Kier alpha value is -2.80. The van der Waals surface area contributed by atoms with Crippen LogP contribution < -0.4 is 20.1 Å². The molecule has 7 nitrogen and oxygen atoms in total. The lowest BCUT2D eigenvalue weighted by Crippen LogP contribution is -2.44. The lowest BCUT2D eigenvalue weighted by Gasteiger charge is -2.19. The molecule has 1 unspecified atom stereocenters. The van der Waals surface area contributed by atoms with Crippen LogP contribution in [0.25, 0.3) is 0 Å². The Bertz CT molecular complexity index is 817. The molecule has 1 fully saturated rings. The minimum absolute atomic E-state index is 0.360. The molecule has 2 N–H and O–H groups in total. The third-order valence-electron chi connectivity index (χ3n) is 5.20. The van der Waals surface area contributed by atoms with Gasteiger partial charge in [0.2, 0.25) is 0 Å². The van der Waals surface area contributed by atoms with Crippen molar-refractivity contribution < 1.29 is 9.47 Å². The maximum Gasteiger partial charge on any atom is 0.191 e. The smallest absolute Gasteiger partial charge is 0.191 e. The monoisotopic (exact) mass is 397 g/mol. The molecule has 0 bridgehead atoms. The van der Waals surface area contributed by atoms with E-state index in [9.17, 15) is 0 Å². The predicted molar refractivity (Wildman–Crippen MR) is 116 cm³/mol. The van der Waals surface area contributed by atoms with E-state index in [1.165, 1.54) is 11.1 Å². The topological polar surface area (TPSA) is 71.0 Å². The average molecular weight is 398 g/mol. The van der Waals surface area contributed by atoms with E-state index in [-0.39, 0.29) is 0 Å². The zero-order valence-electron chi connectivity index (χ0n) is 17.7. The maximum absolute atomic E-state index is 5.38. The Morgan fingerprint density at radius 3 is 2.66 bits per heavy atom. The van der Waals surface area contributed by atoms with E-state index < -0.39 is 0 Å². The first-order valence-electron chi connectivity index (χ1n) is 9.93. The zero-order chi connectivity index (χ0) is 20.6. The molecule has 1 aliphatic heterocycles. The molecule has 0 aliphatic carbocycles. The summed E-state index contributed by atoms with van der Waals surface area (Å²) in [6.45, 7) is 5.59. The number of nitrogens with one attached hydrogen (secondary N) is 2. The van der Waals surface area contributed by atoms with Gasteiger partial charge in [0, 0.05) is 45.0 Å². The molecule has 29 heavy (non-hydrogen) atoms. The van der Waals surface area contributed by atoms with Gasteiger partial charge < -0.3 is 20.1 Å². The van der Waals surface area contributed by atoms with E-state index >= 15 is 0 Å². The fraction of sp³-hybridized carbons (Fsp3) is 0.455. The lowest BCUT2D eigenvalue weighted by molar-refractivity contribution is 0.321. The number of methoxy groups -OCH3 is 2. The Balaban J connectivity index is 1.52. The van der Waals surface area contributed by atoms with Crippen LogP contribution in [0.1, 0.15) is 23.2 Å². The largest absolute Gasteiger partial charge is 0.497 e. The van der Waals surface area contributed by atoms with E-state index in [1.54, 1.807) is 21.3 Å². The molecule has 1 aromatic heterocycles. The van der Waals surface area contributed by atoms with Crippen LogP contribution in [0.3, 0.4) is 0 Å². The average Bonchev–Trinajstić information content (AvgIpc) is 3.18. The summed E-state index contributed by atoms with van der Waals surface area (Å²) < 4.78 is 10.8. The molecular weight excluding hydrogens is 366 g/mol. The third-order valence-corrected chi connectivity index (χ3v) is 5.20. The number of ether oxygens (including phenoxy) is 2. The van der Waals surface area contributed by atoms with Gasteiger partial charge in [0.05, 0.1) is 26.5 Å². The Morgan fingerprint density at radius 2 is 2.00 bits per heavy atom. The molecule has 7 heteroatoms. The zero-order valence-corrected chi connectivity index (χ0v) is 17.7. The lowest BCUT2D eigenvalue weighted by atomic mass is 10.2. The molecule has 0 amide bonds. The number of likely N-dealkylation sites (tertiary alicyclic amines) is 1. The number of hydrogen-bond acceptors (Lipinski definition) is 5. The fourth-order valence-electron chi connectivity index (χ4n) is 3.57. The molecule has 1 aromatic carbocycles. The number of aromatic nitrogens is 1. The minimum atomic E-state index is 0.360. The van der Waals surface area contributed by atoms with E-state index in [0.717, 1.165) is 49.2 Å². The first kappa shape index (κ1) is 20.9. The number of hydrogen-bond donors (Lipinski definition) is 2. The number of benzene rings is 1. The first-order chi connectivity index (χ1) is 14.1. The van der Waals surface area contributed by atoms with Gasteiger partial charge in [0.25, 0.3) is 0 Å². The number of guanidine groups is 1. The molecule has 0 spiro atoms. The summed E-state index contributed by atoms with van der Waals surface area (Å²) >= 11 is 0. The van der Waals surface area contributed by atoms with Crippen molar-refractivity contribution in [3.63, 3.8) is 0 Å². The molecule has 1 saturated heterocycles. The normalized spacial score (nSPS) is 17.2. The van der Waals surface area contributed by atoms with Gasteiger partial charge in [-0.15, -0.1) is 0 Å². The molecule has 1 aliphatic rings. The number of pyridine rings is 1. The second-order valence-electron chi connectivity index (χ2n) is 7.28. The van der Waals surface area contributed by atoms with Gasteiger partial charge in [-0.3, -0.25) is 14.9 Å². The Kier molecular flexibility index (Phi) is 7.30. The summed E-state index contributed by atoms with van der Waals surface area (Å²) in [5.74, 6) is 2.45. The molecule has 0 radical (unpaired) electrons. The summed E-state index contributed by atoms with van der Waals surface area (Å²) in [5, 5.41) is 6.91. The first-order valence-corrected chi connectivity index (χ1v) is 9.93. The predicted octanol–water partition coefficient (Wildman–Crippen LogP) is 2.35. The van der Waals surface area contributed by atoms with Gasteiger partial charge in [0.1, 0.15) is 11.5 Å². The van der Waals surface area contributed by atoms with Crippen LogP contribution in [0.5, 0.6) is 11.5 Å². The van der Waals surface area contributed by atoms with Crippen molar-refractivity contribution >= 4 is 5.96 Å². The second-order valence-corrected chi connectivity index (χ2v) is 7.28. The van der Waals surface area contributed by atoms with Crippen molar-refractivity contribution in [3.05, 3.63) is 53.3 Å². The molecule has 1 atom stereocenters. The third kappa shape index (κ3) is 5.84. The number of aliphatic imine (C=N–C) groups is 1. The van der Waals surface area contributed by atoms with Crippen LogP contribution in [0.2, 0.25) is 0 Å². The summed E-state index contributed by atoms with van der Waals surface area (Å²) in [6, 6.07) is 10.4. The number of nitrogens with zero attached hydrogens (tertiary/aromatic N) is 3. The summed E-state index contributed by atoms with van der Waals surface area (Å²) in [7, 11) is 5.16. The molecule has 0 saturated carbocycles. The Morgan fingerprint density at radius 1 is 1.24 bits per heavy atom. The van der Waals surface area contributed by atoms with Crippen LogP contribution in [-0.2, 0) is 13.1 Å². The highest BCUT2D eigenvalue weighted by Crippen LogP contribution is 2.24. The van der Waals surface area contributed by atoms with Crippen LogP contribution in [0, 0.1) is 6.92 Å². The van der Waals surface area contributed by atoms with E-state index in [2.05, 4.69) is 50.6 Å². The highest BCUT2D eigenvalue weighted by Gasteiger charge is 2.23. The fourth-order valence-corrected chi connectivity index (χ4v) is 3.57. The SMILES string of the molecule is CN=C(NCc1ncccc1C)NC1CCN(Cc2cc(OC)cc(OC)c2)C1. The van der Waals surface area contributed by atoms with Crippen LogP contribution >= 0.6 is 0 Å². The van der Waals surface area contributed by atoms with Crippen molar-refractivity contribution in [2.45, 2.75) is 32.5 Å². The van der Waals surface area contributed by atoms with Crippen molar-refractivity contribution in [2.75, 3.05) is 34.4 Å². The van der Waals surface area contributed by atoms with Crippen molar-refractivity contribution in [1.29, 1.82) is 0 Å². The maximum atomic E-state index is 5.38. The molecular formula is C22H31N5O2. The van der Waals surface area contributed by atoms with E-state index in [4.69, 9.17) is 9.47 Å². The summed E-state index contributed by atoms with van der Waals surface area (Å²) in [6.07, 6.45) is 2.90. The van der Waals surface area contributed by atoms with Gasteiger partial charge in [-0.2, -0.15) is 0 Å². The van der Waals surface area contributed by atoms with Crippen LogP contribution in [0.15, 0.2) is 41.5 Å². The van der Waals surface area contributed by atoms with Gasteiger partial charge in [0.15, 0.2) is 5.96 Å². The van der Waals surface area contributed by atoms with E-state index in [0.29, 0.717) is 12.6 Å². The second kappa shape index (κ2) is 10.1. The number of aryl methyl sites for hydroxylation is 1. The molecule has 2 aromatic rings. The van der Waals surface area contributed by atoms with Crippen LogP contribution in [-0.4, -0.2) is 56.2 Å². The van der Waals surface area contributed by atoms with Gasteiger partial charge >= 0.3 is 0 Å². The quantitative estimate of drug-likeness (QED) is 0.552.